The van der Waals surface area contributed by atoms with Crippen LogP contribution in [0.1, 0.15) is 25.8 Å². The lowest BCUT2D eigenvalue weighted by Gasteiger charge is -2.45. The van der Waals surface area contributed by atoms with Crippen molar-refractivity contribution in [2.24, 2.45) is 0 Å². The Kier molecular flexibility index (Phi) is 5.31. The Morgan fingerprint density at radius 2 is 2.11 bits per heavy atom. The van der Waals surface area contributed by atoms with Crippen molar-refractivity contribution in [2.75, 3.05) is 31.6 Å². The van der Waals surface area contributed by atoms with E-state index in [1.807, 2.05) is 11.8 Å². The first-order valence-electron chi connectivity index (χ1n) is 7.23. The lowest BCUT2D eigenvalue weighted by molar-refractivity contribution is 0.106. The van der Waals surface area contributed by atoms with Gasteiger partial charge in [-0.1, -0.05) is 37.3 Å². The van der Waals surface area contributed by atoms with Gasteiger partial charge >= 0.3 is 0 Å². The van der Waals surface area contributed by atoms with Crippen LogP contribution < -0.4 is 5.32 Å². The van der Waals surface area contributed by atoms with Crippen LogP contribution >= 0.6 is 11.8 Å². The van der Waals surface area contributed by atoms with Crippen LogP contribution in [0.3, 0.4) is 0 Å². The van der Waals surface area contributed by atoms with Gasteiger partial charge in [0.15, 0.2) is 0 Å². The molecule has 1 aromatic rings. The van der Waals surface area contributed by atoms with E-state index >= 15 is 0 Å². The minimum absolute atomic E-state index is 0.0886. The normalized spacial score (nSPS) is 26.3. The van der Waals surface area contributed by atoms with E-state index in [1.54, 1.807) is 0 Å². The molecule has 0 radical (unpaired) electrons. The number of rotatable bonds is 5. The molecule has 0 amide bonds. The highest BCUT2D eigenvalue weighted by Gasteiger charge is 2.34. The van der Waals surface area contributed by atoms with E-state index in [9.17, 15) is 0 Å². The highest BCUT2D eigenvalue weighted by atomic mass is 32.2. The van der Waals surface area contributed by atoms with Crippen molar-refractivity contribution in [3.05, 3.63) is 35.9 Å². The Labute approximate surface area is 122 Å². The largest absolute Gasteiger partial charge is 0.305 e. The minimum Gasteiger partial charge on any atom is -0.305 e. The lowest BCUT2D eigenvalue weighted by atomic mass is 9.89. The van der Waals surface area contributed by atoms with Gasteiger partial charge in [0.25, 0.3) is 0 Å². The van der Waals surface area contributed by atoms with Crippen molar-refractivity contribution < 1.29 is 0 Å². The van der Waals surface area contributed by atoms with Crippen molar-refractivity contribution in [1.29, 1.82) is 0 Å². The molecule has 19 heavy (non-hydrogen) atoms. The molecular weight excluding hydrogens is 252 g/mol. The van der Waals surface area contributed by atoms with Crippen LogP contribution in [-0.2, 0) is 5.54 Å². The molecule has 0 aromatic heterocycles. The summed E-state index contributed by atoms with van der Waals surface area (Å²) in [5, 5.41) is 3.71. The molecule has 1 N–H and O–H groups in total. The van der Waals surface area contributed by atoms with Gasteiger partial charge in [0.05, 0.1) is 5.54 Å². The molecule has 1 aliphatic rings. The van der Waals surface area contributed by atoms with Crippen LogP contribution in [0.5, 0.6) is 0 Å². The summed E-state index contributed by atoms with van der Waals surface area (Å²) < 4.78 is 0. The molecule has 106 valence electrons. The predicted octanol–water partition coefficient (Wildman–Crippen LogP) is 2.95. The number of hydrogen-bond acceptors (Lipinski definition) is 3. The van der Waals surface area contributed by atoms with E-state index in [-0.39, 0.29) is 5.54 Å². The van der Waals surface area contributed by atoms with E-state index < -0.39 is 0 Å². The summed E-state index contributed by atoms with van der Waals surface area (Å²) in [6.45, 7) is 8.00. The summed E-state index contributed by atoms with van der Waals surface area (Å²) in [6.07, 6.45) is 3.45. The second-order valence-electron chi connectivity index (χ2n) is 5.61. The Morgan fingerprint density at radius 3 is 2.74 bits per heavy atom. The fourth-order valence-corrected chi connectivity index (χ4v) is 3.83. The van der Waals surface area contributed by atoms with Gasteiger partial charge in [-0.2, -0.15) is 11.8 Å². The molecule has 1 aliphatic heterocycles. The van der Waals surface area contributed by atoms with Crippen LogP contribution in [0.2, 0.25) is 0 Å². The van der Waals surface area contributed by atoms with Crippen molar-refractivity contribution in [2.45, 2.75) is 31.8 Å². The van der Waals surface area contributed by atoms with E-state index in [1.165, 1.54) is 24.3 Å². The topological polar surface area (TPSA) is 15.3 Å². The van der Waals surface area contributed by atoms with Gasteiger partial charge in [-0.25, -0.2) is 0 Å². The van der Waals surface area contributed by atoms with Gasteiger partial charge in [0, 0.05) is 31.4 Å². The average molecular weight is 278 g/mol. The molecule has 0 saturated carbocycles. The molecule has 0 spiro atoms. The number of piperazine rings is 1. The zero-order valence-corrected chi connectivity index (χ0v) is 13.2. The number of thioether (sulfide) groups is 1. The summed E-state index contributed by atoms with van der Waals surface area (Å²) in [6, 6.07) is 11.6. The van der Waals surface area contributed by atoms with Crippen molar-refractivity contribution >= 4 is 11.8 Å². The molecule has 0 aliphatic carbocycles. The van der Waals surface area contributed by atoms with Crippen LogP contribution in [0.25, 0.3) is 0 Å². The van der Waals surface area contributed by atoms with Crippen molar-refractivity contribution in [3.63, 3.8) is 0 Å². The SMILES string of the molecule is CCC(CSC)N1CCNC(C)(c2ccccc2)C1. The van der Waals surface area contributed by atoms with Gasteiger partial charge in [0.1, 0.15) is 0 Å². The highest BCUT2D eigenvalue weighted by molar-refractivity contribution is 7.98. The first-order valence-corrected chi connectivity index (χ1v) is 8.62. The van der Waals surface area contributed by atoms with Crippen LogP contribution in [0.15, 0.2) is 30.3 Å². The maximum Gasteiger partial charge on any atom is 0.0535 e. The maximum absolute atomic E-state index is 3.71. The maximum atomic E-state index is 3.71. The van der Waals surface area contributed by atoms with Crippen LogP contribution in [0.4, 0.5) is 0 Å². The van der Waals surface area contributed by atoms with Gasteiger partial charge in [-0.15, -0.1) is 0 Å². The first-order chi connectivity index (χ1) is 9.19. The third-order valence-electron chi connectivity index (χ3n) is 4.19. The molecule has 1 saturated heterocycles. The van der Waals surface area contributed by atoms with Gasteiger partial charge in [-0.3, -0.25) is 4.90 Å². The molecule has 1 fully saturated rings. The van der Waals surface area contributed by atoms with Crippen LogP contribution in [-0.4, -0.2) is 42.6 Å². The van der Waals surface area contributed by atoms with Crippen LogP contribution in [0, 0.1) is 0 Å². The molecule has 2 atom stereocenters. The average Bonchev–Trinajstić information content (AvgIpc) is 2.46. The fraction of sp³-hybridized carbons (Fsp3) is 0.625. The third kappa shape index (κ3) is 3.53. The predicted molar refractivity (Wildman–Crippen MR) is 85.8 cm³/mol. The smallest absolute Gasteiger partial charge is 0.0535 e. The summed E-state index contributed by atoms with van der Waals surface area (Å²) in [4.78, 5) is 2.67. The summed E-state index contributed by atoms with van der Waals surface area (Å²) in [5.74, 6) is 1.24. The fourth-order valence-electron chi connectivity index (χ4n) is 3.00. The second-order valence-corrected chi connectivity index (χ2v) is 6.52. The molecule has 2 nitrogen and oxygen atoms in total. The summed E-state index contributed by atoms with van der Waals surface area (Å²) in [7, 11) is 0. The van der Waals surface area contributed by atoms with Crippen molar-refractivity contribution in [3.8, 4) is 0 Å². The van der Waals surface area contributed by atoms with E-state index in [0.717, 1.165) is 13.1 Å². The second kappa shape index (κ2) is 6.78. The third-order valence-corrected chi connectivity index (χ3v) is 4.91. The molecule has 0 bridgehead atoms. The molecule has 2 unspecified atom stereocenters. The molecule has 3 heteroatoms. The summed E-state index contributed by atoms with van der Waals surface area (Å²) >= 11 is 1.96. The number of benzene rings is 1. The van der Waals surface area contributed by atoms with E-state index in [4.69, 9.17) is 0 Å². The molecule has 1 aromatic carbocycles. The quantitative estimate of drug-likeness (QED) is 0.891. The van der Waals surface area contributed by atoms with Crippen molar-refractivity contribution in [1.82, 2.24) is 10.2 Å². The Bertz CT molecular complexity index is 382. The molecule has 1 heterocycles. The molecule has 2 rings (SSSR count). The minimum atomic E-state index is 0.0886. The lowest BCUT2D eigenvalue weighted by Crippen LogP contribution is -2.59. The Hall–Kier alpha value is -0.510. The van der Waals surface area contributed by atoms with E-state index in [2.05, 4.69) is 60.7 Å². The van der Waals surface area contributed by atoms with Gasteiger partial charge in [0.2, 0.25) is 0 Å². The number of hydrogen-bond donors (Lipinski definition) is 1. The monoisotopic (exact) mass is 278 g/mol. The van der Waals surface area contributed by atoms with Gasteiger partial charge < -0.3 is 5.32 Å². The first kappa shape index (κ1) is 14.9. The Morgan fingerprint density at radius 1 is 1.37 bits per heavy atom. The van der Waals surface area contributed by atoms with E-state index in [0.29, 0.717) is 6.04 Å². The standard InChI is InChI=1S/C16H26N2S/c1-4-15(12-19-3)18-11-10-17-16(2,13-18)14-8-6-5-7-9-14/h5-9,15,17H,4,10-13H2,1-3H3. The zero-order chi connectivity index (χ0) is 13.7. The number of nitrogens with zero attached hydrogens (tertiary/aromatic N) is 1. The summed E-state index contributed by atoms with van der Waals surface area (Å²) in [5.41, 5.74) is 1.49. The zero-order valence-electron chi connectivity index (χ0n) is 12.4. The number of nitrogens with one attached hydrogen (secondary N) is 1. The molecular formula is C16H26N2S. The highest BCUT2D eigenvalue weighted by Crippen LogP contribution is 2.26. The van der Waals surface area contributed by atoms with Gasteiger partial charge in [-0.05, 0) is 25.2 Å². The Balaban J connectivity index is 2.11.